The van der Waals surface area contributed by atoms with Crippen LogP contribution in [0.3, 0.4) is 0 Å². The van der Waals surface area contributed by atoms with Gasteiger partial charge in [-0.25, -0.2) is 4.98 Å². The maximum atomic E-state index is 13.1. The highest BCUT2D eigenvalue weighted by Crippen LogP contribution is 2.57. The molecule has 1 aromatic heterocycles. The number of ether oxygens (including phenoxy) is 1. The van der Waals surface area contributed by atoms with E-state index in [4.69, 9.17) is 9.72 Å². The molecule has 6 nitrogen and oxygen atoms in total. The molecule has 0 radical (unpaired) electrons. The average Bonchev–Trinajstić information content (AvgIpc) is 3.40. The first-order chi connectivity index (χ1) is 15.4. The smallest absolute Gasteiger partial charge is 0.311 e. The third-order valence-electron chi connectivity index (χ3n) is 8.35. The number of carbonyl (C=O) groups excluding carboxylic acids is 2. The highest BCUT2D eigenvalue weighted by atomic mass is 32.1. The third-order valence-corrected chi connectivity index (χ3v) is 9.40. The van der Waals surface area contributed by atoms with Gasteiger partial charge in [0.05, 0.1) is 17.2 Å². The van der Waals surface area contributed by atoms with E-state index in [9.17, 15) is 14.7 Å². The van der Waals surface area contributed by atoms with Gasteiger partial charge < -0.3 is 14.7 Å². The van der Waals surface area contributed by atoms with Gasteiger partial charge in [-0.1, -0.05) is 20.8 Å². The van der Waals surface area contributed by atoms with Crippen molar-refractivity contribution in [2.75, 3.05) is 13.1 Å². The summed E-state index contributed by atoms with van der Waals surface area (Å²) in [4.78, 5) is 33.4. The topological polar surface area (TPSA) is 79.7 Å². The third kappa shape index (κ3) is 4.60. The van der Waals surface area contributed by atoms with Crippen molar-refractivity contribution in [3.05, 3.63) is 15.6 Å². The Balaban J connectivity index is 1.51. The van der Waals surface area contributed by atoms with Gasteiger partial charge in [-0.05, 0) is 70.1 Å². The van der Waals surface area contributed by atoms with Crippen LogP contribution >= 0.6 is 11.3 Å². The van der Waals surface area contributed by atoms with Crippen molar-refractivity contribution < 1.29 is 19.4 Å². The molecule has 1 saturated carbocycles. The van der Waals surface area contributed by atoms with Crippen molar-refractivity contribution in [2.45, 2.75) is 92.3 Å². The number of rotatable bonds is 4. The molecule has 2 fully saturated rings. The molecule has 0 bridgehead atoms. The van der Waals surface area contributed by atoms with E-state index < -0.39 is 11.5 Å². The summed E-state index contributed by atoms with van der Waals surface area (Å²) in [5.41, 5.74) is 0.502. The van der Waals surface area contributed by atoms with E-state index >= 15 is 0 Å². The Kier molecular flexibility index (Phi) is 6.69. The first-order valence-corrected chi connectivity index (χ1v) is 13.4. The maximum absolute atomic E-state index is 13.1. The number of aromatic nitrogens is 1. The van der Waals surface area contributed by atoms with Crippen molar-refractivity contribution in [2.24, 2.45) is 28.6 Å². The van der Waals surface area contributed by atoms with Gasteiger partial charge in [0.2, 0.25) is 5.91 Å². The number of hydrogen-bond donors (Lipinski definition) is 1. The van der Waals surface area contributed by atoms with E-state index in [1.165, 1.54) is 4.88 Å². The van der Waals surface area contributed by atoms with Gasteiger partial charge in [0.25, 0.3) is 0 Å². The molecule has 0 unspecified atom stereocenters. The van der Waals surface area contributed by atoms with Crippen LogP contribution in [-0.2, 0) is 27.4 Å². The summed E-state index contributed by atoms with van der Waals surface area (Å²) in [6.45, 7) is 13.9. The number of esters is 1. The van der Waals surface area contributed by atoms with Crippen molar-refractivity contribution >= 4 is 23.2 Å². The van der Waals surface area contributed by atoms with Gasteiger partial charge in [-0.2, -0.15) is 0 Å². The molecule has 4 rings (SSSR count). The molecule has 7 heteroatoms. The Labute approximate surface area is 202 Å². The van der Waals surface area contributed by atoms with Gasteiger partial charge in [-0.15, -0.1) is 11.3 Å². The minimum absolute atomic E-state index is 0.00831. The normalized spacial score (nSPS) is 32.8. The Bertz CT molecular complexity index is 901. The Hall–Kier alpha value is -1.47. The molecule has 1 N–H and O–H groups in total. The molecular formula is C26H40N2O4S. The van der Waals surface area contributed by atoms with Crippen LogP contribution in [0.5, 0.6) is 0 Å². The summed E-state index contributed by atoms with van der Waals surface area (Å²) in [5, 5.41) is 12.4. The van der Waals surface area contributed by atoms with Gasteiger partial charge in [-0.3, -0.25) is 9.59 Å². The highest BCUT2D eigenvalue weighted by molar-refractivity contribution is 7.11. The van der Waals surface area contributed by atoms with Crippen LogP contribution in [0.4, 0.5) is 0 Å². The number of aliphatic hydroxyl groups excluding tert-OH is 1. The second-order valence-corrected chi connectivity index (χ2v) is 13.1. The van der Waals surface area contributed by atoms with Gasteiger partial charge in [0.15, 0.2) is 0 Å². The van der Waals surface area contributed by atoms with Crippen molar-refractivity contribution in [3.63, 3.8) is 0 Å². The van der Waals surface area contributed by atoms with Crippen LogP contribution in [-0.4, -0.2) is 46.1 Å². The second-order valence-electron chi connectivity index (χ2n) is 11.9. The van der Waals surface area contributed by atoms with Crippen LogP contribution in [0.15, 0.2) is 0 Å². The predicted octanol–water partition coefficient (Wildman–Crippen LogP) is 4.54. The molecule has 1 aromatic rings. The average molecular weight is 477 g/mol. The van der Waals surface area contributed by atoms with Crippen LogP contribution < -0.4 is 0 Å². The van der Waals surface area contributed by atoms with E-state index in [1.807, 2.05) is 32.6 Å². The van der Waals surface area contributed by atoms with Gasteiger partial charge >= 0.3 is 5.97 Å². The van der Waals surface area contributed by atoms with Crippen molar-refractivity contribution in [3.8, 4) is 0 Å². The van der Waals surface area contributed by atoms with Crippen molar-refractivity contribution in [1.29, 1.82) is 0 Å². The number of nitrogens with zero attached hydrogens (tertiary/aromatic N) is 2. The van der Waals surface area contributed by atoms with Crippen LogP contribution in [0.2, 0.25) is 0 Å². The minimum Gasteiger partial charge on any atom is -0.458 e. The molecular weight excluding hydrogens is 436 g/mol. The van der Waals surface area contributed by atoms with Crippen LogP contribution in [0.1, 0.15) is 88.7 Å². The van der Waals surface area contributed by atoms with E-state index in [2.05, 4.69) is 13.8 Å². The molecule has 0 aromatic carbocycles. The Morgan fingerprint density at radius 1 is 1.30 bits per heavy atom. The Morgan fingerprint density at radius 2 is 1.97 bits per heavy atom. The lowest BCUT2D eigenvalue weighted by molar-refractivity contribution is -0.154. The first kappa shape index (κ1) is 24.6. The lowest BCUT2D eigenvalue weighted by Crippen LogP contribution is -2.53. The first-order valence-electron chi connectivity index (χ1n) is 12.5. The highest BCUT2D eigenvalue weighted by Gasteiger charge is 2.54. The fourth-order valence-corrected chi connectivity index (χ4v) is 7.70. The lowest BCUT2D eigenvalue weighted by Gasteiger charge is -2.53. The molecule has 2 aliphatic carbocycles. The zero-order valence-corrected chi connectivity index (χ0v) is 21.8. The number of hydrogen-bond acceptors (Lipinski definition) is 6. The molecule has 3 aliphatic rings. The summed E-state index contributed by atoms with van der Waals surface area (Å²) < 4.78 is 5.51. The maximum Gasteiger partial charge on any atom is 0.311 e. The summed E-state index contributed by atoms with van der Waals surface area (Å²) in [7, 11) is 0. The van der Waals surface area contributed by atoms with Gasteiger partial charge in [0.1, 0.15) is 11.6 Å². The van der Waals surface area contributed by atoms with E-state index in [0.29, 0.717) is 0 Å². The number of amides is 1. The van der Waals surface area contributed by atoms with Crippen LogP contribution in [0, 0.1) is 28.6 Å². The fraction of sp³-hybridized carbons (Fsp3) is 0.808. The molecule has 1 amide bonds. The molecule has 6 atom stereocenters. The van der Waals surface area contributed by atoms with Gasteiger partial charge in [0, 0.05) is 29.8 Å². The van der Waals surface area contributed by atoms with Crippen LogP contribution in [0.25, 0.3) is 0 Å². The molecule has 33 heavy (non-hydrogen) atoms. The quantitative estimate of drug-likeness (QED) is 0.645. The lowest BCUT2D eigenvalue weighted by atomic mass is 9.53. The molecule has 1 aliphatic heterocycles. The van der Waals surface area contributed by atoms with E-state index in [-0.39, 0.29) is 47.6 Å². The zero-order valence-electron chi connectivity index (χ0n) is 21.0. The summed E-state index contributed by atoms with van der Waals surface area (Å²) >= 11 is 1.65. The summed E-state index contributed by atoms with van der Waals surface area (Å²) in [6, 6.07) is 0. The van der Waals surface area contributed by atoms with E-state index in [1.54, 1.807) is 11.3 Å². The summed E-state index contributed by atoms with van der Waals surface area (Å²) in [6.07, 6.45) is 4.43. The predicted molar refractivity (Wildman–Crippen MR) is 129 cm³/mol. The molecule has 184 valence electrons. The standard InChI is InChI=1S/C26H40N2O4S/c1-15(23(30)28-11-7-8-12-28)17-9-10-26(6)13-18-21(16(2)20(26)22(17)29)27-19(33-18)14-32-24(31)25(3,4)5/h15-17,20,22,29H,7-14H2,1-6H3/t15-,16-,17+,20+,22-,26-/m0/s1. The number of fused-ring (bicyclic) bond motifs is 2. The monoisotopic (exact) mass is 476 g/mol. The fourth-order valence-electron chi connectivity index (χ4n) is 6.41. The molecule has 1 saturated heterocycles. The molecule has 0 spiro atoms. The number of aliphatic hydroxyl groups is 1. The zero-order chi connectivity index (χ0) is 24.1. The number of carbonyl (C=O) groups is 2. The SMILES string of the molecule is C[C@H](C(=O)N1CCCC1)[C@H]1CC[C@@]2(C)Cc3sc(COC(=O)C(C)(C)C)nc3[C@@H](C)[C@@H]2[C@H]1O. The second kappa shape index (κ2) is 8.95. The summed E-state index contributed by atoms with van der Waals surface area (Å²) in [5.74, 6) is 0.00358. The molecule has 2 heterocycles. The number of likely N-dealkylation sites (tertiary alicyclic amines) is 1. The van der Waals surface area contributed by atoms with Crippen molar-refractivity contribution in [1.82, 2.24) is 9.88 Å². The Morgan fingerprint density at radius 3 is 2.61 bits per heavy atom. The van der Waals surface area contributed by atoms with E-state index in [0.717, 1.165) is 55.9 Å². The number of thiazole rings is 1. The largest absolute Gasteiger partial charge is 0.458 e. The minimum atomic E-state index is -0.533.